The van der Waals surface area contributed by atoms with Gasteiger partial charge in [0.2, 0.25) is 5.56 Å². The normalized spacial score (nSPS) is 10.0. The highest BCUT2D eigenvalue weighted by Gasteiger charge is 2.07. The fourth-order valence-electron chi connectivity index (χ4n) is 1.07. The van der Waals surface area contributed by atoms with E-state index in [9.17, 15) is 14.7 Å². The number of carbonyl (C=O) groups excluding carboxylic acids is 1. The van der Waals surface area contributed by atoms with Gasteiger partial charge in [0.15, 0.2) is 0 Å². The minimum atomic E-state index is -1.27. The molecule has 0 aliphatic carbocycles. The third kappa shape index (κ3) is 1.92. The van der Waals surface area contributed by atoms with Crippen molar-refractivity contribution >= 4 is 17.7 Å². The molecule has 70 valence electrons. The quantitative estimate of drug-likeness (QED) is 0.666. The zero-order valence-electron chi connectivity index (χ0n) is 7.21. The maximum absolute atomic E-state index is 11.0. The summed E-state index contributed by atoms with van der Waals surface area (Å²) in [7, 11) is 0. The molecule has 0 aromatic carbocycles. The molecule has 0 fully saturated rings. The Hall–Kier alpha value is -1.23. The molecular weight excluding hydrogens is 190 g/mol. The molecule has 1 aromatic heterocycles. The number of carboxylic acids is 1. The summed E-state index contributed by atoms with van der Waals surface area (Å²) in [6.07, 6.45) is 1.69. The first kappa shape index (κ1) is 9.85. The van der Waals surface area contributed by atoms with E-state index in [0.29, 0.717) is 10.6 Å². The molecule has 4 nitrogen and oxygen atoms in total. The smallest absolute Gasteiger partial charge is 0.249 e. The lowest BCUT2D eigenvalue weighted by atomic mass is 10.2. The van der Waals surface area contributed by atoms with Crippen LogP contribution >= 0.6 is 11.8 Å². The van der Waals surface area contributed by atoms with Gasteiger partial charge in [-0.2, -0.15) is 0 Å². The Morgan fingerprint density at radius 2 is 2.23 bits per heavy atom. The predicted octanol–water partition coefficient (Wildman–Crippen LogP) is -0.231. The summed E-state index contributed by atoms with van der Waals surface area (Å²) in [6.45, 7) is 1.57. The number of rotatable bonds is 2. The number of aromatic carboxylic acids is 1. The van der Waals surface area contributed by atoms with Crippen LogP contribution in [0.4, 0.5) is 0 Å². The number of carboxylic acid groups (broad SMARTS) is 1. The van der Waals surface area contributed by atoms with Crippen LogP contribution in [0.2, 0.25) is 0 Å². The highest BCUT2D eigenvalue weighted by molar-refractivity contribution is 7.98. The summed E-state index contributed by atoms with van der Waals surface area (Å²) in [5, 5.41) is 11.0. The predicted molar refractivity (Wildman–Crippen MR) is 47.9 cm³/mol. The number of nitrogens with one attached hydrogen (secondary N) is 1. The molecule has 0 aliphatic rings. The van der Waals surface area contributed by atoms with Crippen LogP contribution in [0.5, 0.6) is 0 Å². The lowest BCUT2D eigenvalue weighted by Gasteiger charge is -2.10. The third-order valence-corrected chi connectivity index (χ3v) is 2.33. The summed E-state index contributed by atoms with van der Waals surface area (Å²) < 4.78 is 0. The van der Waals surface area contributed by atoms with Crippen molar-refractivity contribution in [3.63, 3.8) is 0 Å². The van der Waals surface area contributed by atoms with Gasteiger partial charge in [0.05, 0.1) is 11.0 Å². The zero-order valence-corrected chi connectivity index (χ0v) is 8.03. The average molecular weight is 198 g/mol. The van der Waals surface area contributed by atoms with E-state index in [1.807, 2.05) is 0 Å². The summed E-state index contributed by atoms with van der Waals surface area (Å²) >= 11 is 1.18. The monoisotopic (exact) mass is 198 g/mol. The zero-order chi connectivity index (χ0) is 10.0. The minimum absolute atomic E-state index is 0.0621. The second kappa shape index (κ2) is 3.66. The molecule has 13 heavy (non-hydrogen) atoms. The van der Waals surface area contributed by atoms with Gasteiger partial charge in [0.25, 0.3) is 0 Å². The highest BCUT2D eigenvalue weighted by atomic mass is 32.2. The van der Waals surface area contributed by atoms with Crippen molar-refractivity contribution < 1.29 is 9.90 Å². The van der Waals surface area contributed by atoms with Gasteiger partial charge in [-0.1, -0.05) is 0 Å². The highest BCUT2D eigenvalue weighted by Crippen LogP contribution is 2.17. The molecule has 5 heteroatoms. The van der Waals surface area contributed by atoms with E-state index >= 15 is 0 Å². The Balaban J connectivity index is 3.47. The number of H-pyrrole nitrogens is 1. The van der Waals surface area contributed by atoms with Crippen molar-refractivity contribution in [1.82, 2.24) is 4.98 Å². The molecule has 0 spiro atoms. The summed E-state index contributed by atoms with van der Waals surface area (Å²) in [5.41, 5.74) is 0.187. The third-order valence-electron chi connectivity index (χ3n) is 1.61. The molecule has 1 heterocycles. The number of hydrogen-bond donors (Lipinski definition) is 1. The van der Waals surface area contributed by atoms with Crippen LogP contribution in [0.15, 0.2) is 15.9 Å². The van der Waals surface area contributed by atoms with Gasteiger partial charge in [-0.05, 0) is 18.7 Å². The maximum atomic E-state index is 11.0. The van der Waals surface area contributed by atoms with Gasteiger partial charge < -0.3 is 14.9 Å². The first-order valence-corrected chi connectivity index (χ1v) is 4.78. The minimum Gasteiger partial charge on any atom is -0.545 e. The molecule has 1 rings (SSSR count). The summed E-state index contributed by atoms with van der Waals surface area (Å²) in [6, 6.07) is 1.24. The van der Waals surface area contributed by atoms with Crippen molar-refractivity contribution in [2.75, 3.05) is 6.26 Å². The number of carbonyl (C=O) groups is 1. The topological polar surface area (TPSA) is 73.0 Å². The largest absolute Gasteiger partial charge is 0.545 e. The van der Waals surface area contributed by atoms with E-state index in [-0.39, 0.29) is 11.1 Å². The molecular formula is C8H8NO3S-. The number of hydrogen-bond acceptors (Lipinski definition) is 4. The van der Waals surface area contributed by atoms with Gasteiger partial charge in [-0.15, -0.1) is 11.8 Å². The molecule has 1 N–H and O–H groups in total. The maximum Gasteiger partial charge on any atom is 0.249 e. The fourth-order valence-corrected chi connectivity index (χ4v) is 1.72. The number of pyridine rings is 1. The van der Waals surface area contributed by atoms with Crippen molar-refractivity contribution in [2.45, 2.75) is 11.9 Å². The number of aryl methyl sites for hydroxylation is 1. The molecule has 0 unspecified atom stereocenters. The summed E-state index contributed by atoms with van der Waals surface area (Å²) in [5.74, 6) is -1.27. The van der Waals surface area contributed by atoms with Crippen LogP contribution < -0.4 is 10.7 Å². The second-order valence-corrected chi connectivity index (χ2v) is 3.33. The Bertz CT molecular complexity index is 397. The molecule has 0 saturated heterocycles. The fraction of sp³-hybridized carbons (Fsp3) is 0.250. The second-order valence-electron chi connectivity index (χ2n) is 2.51. The van der Waals surface area contributed by atoms with Gasteiger partial charge >= 0.3 is 0 Å². The van der Waals surface area contributed by atoms with Gasteiger partial charge in [-0.3, -0.25) is 4.79 Å². The van der Waals surface area contributed by atoms with Crippen molar-refractivity contribution in [2.24, 2.45) is 0 Å². The summed E-state index contributed by atoms with van der Waals surface area (Å²) in [4.78, 5) is 24.1. The van der Waals surface area contributed by atoms with E-state index < -0.39 is 5.97 Å². The molecule has 0 amide bonds. The van der Waals surface area contributed by atoms with Gasteiger partial charge in [0.1, 0.15) is 0 Å². The Labute approximate surface area is 79.0 Å². The molecule has 0 aliphatic heterocycles. The van der Waals surface area contributed by atoms with Gasteiger partial charge in [-0.25, -0.2) is 0 Å². The van der Waals surface area contributed by atoms with E-state index in [1.165, 1.54) is 17.8 Å². The van der Waals surface area contributed by atoms with Crippen LogP contribution in [0.25, 0.3) is 0 Å². The molecule has 1 aromatic rings. The molecule has 0 saturated carbocycles. The Kier molecular flexibility index (Phi) is 2.77. The standard InChI is InChI=1S/C8H9NO3S/c1-4-3-5(10)9-7(13-2)6(4)8(11)12/h3H,1-2H3,(H,9,10)(H,11,12)/p-1. The SMILES string of the molecule is CSc1[nH]c(=O)cc(C)c1C(=O)[O-]. The lowest BCUT2D eigenvalue weighted by Crippen LogP contribution is -2.26. The van der Waals surface area contributed by atoms with Gasteiger partial charge in [0, 0.05) is 11.6 Å². The van der Waals surface area contributed by atoms with Crippen molar-refractivity contribution in [1.29, 1.82) is 0 Å². The van der Waals surface area contributed by atoms with Crippen LogP contribution in [-0.4, -0.2) is 17.2 Å². The Morgan fingerprint density at radius 1 is 1.62 bits per heavy atom. The van der Waals surface area contributed by atoms with Crippen LogP contribution in [-0.2, 0) is 0 Å². The van der Waals surface area contributed by atoms with E-state index in [1.54, 1.807) is 13.2 Å². The lowest BCUT2D eigenvalue weighted by molar-refractivity contribution is -0.255. The first-order valence-electron chi connectivity index (χ1n) is 3.55. The average Bonchev–Trinajstić information content (AvgIpc) is 2.01. The molecule has 0 radical (unpaired) electrons. The van der Waals surface area contributed by atoms with Crippen LogP contribution in [0.1, 0.15) is 15.9 Å². The number of thioether (sulfide) groups is 1. The molecule has 0 bridgehead atoms. The first-order chi connectivity index (χ1) is 6.06. The van der Waals surface area contributed by atoms with Crippen molar-refractivity contribution in [3.05, 3.63) is 27.5 Å². The van der Waals surface area contributed by atoms with Crippen LogP contribution in [0.3, 0.4) is 0 Å². The number of aromatic nitrogens is 1. The Morgan fingerprint density at radius 3 is 2.69 bits per heavy atom. The van der Waals surface area contributed by atoms with E-state index in [4.69, 9.17) is 0 Å². The van der Waals surface area contributed by atoms with E-state index in [2.05, 4.69) is 4.98 Å². The molecule has 0 atom stereocenters. The number of aromatic amines is 1. The van der Waals surface area contributed by atoms with E-state index in [0.717, 1.165) is 0 Å². The van der Waals surface area contributed by atoms with Crippen LogP contribution in [0, 0.1) is 6.92 Å². The van der Waals surface area contributed by atoms with Crippen molar-refractivity contribution in [3.8, 4) is 0 Å².